The Morgan fingerprint density at radius 1 is 1.04 bits per heavy atom. The second-order valence-corrected chi connectivity index (χ2v) is 7.09. The zero-order valence-electron chi connectivity index (χ0n) is 16.6. The van der Waals surface area contributed by atoms with Crippen LogP contribution in [0.5, 0.6) is 0 Å². The maximum atomic E-state index is 12.9. The van der Waals surface area contributed by atoms with Crippen LogP contribution in [0, 0.1) is 18.2 Å². The summed E-state index contributed by atoms with van der Waals surface area (Å²) in [7, 11) is 0. The van der Waals surface area contributed by atoms with Gasteiger partial charge in [0.15, 0.2) is 0 Å². The molecule has 0 radical (unpaired) electrons. The Labute approximate surface area is 166 Å². The maximum absolute atomic E-state index is 12.9. The van der Waals surface area contributed by atoms with E-state index in [1.807, 2.05) is 18.7 Å². The Bertz CT molecular complexity index is 702. The molecule has 7 heteroatoms. The van der Waals surface area contributed by atoms with Gasteiger partial charge in [-0.05, 0) is 37.1 Å². The molecule has 2 N–H and O–H groups in total. The van der Waals surface area contributed by atoms with Gasteiger partial charge in [-0.3, -0.25) is 19.4 Å². The van der Waals surface area contributed by atoms with E-state index in [-0.39, 0.29) is 24.2 Å². The van der Waals surface area contributed by atoms with Crippen LogP contribution in [-0.2, 0) is 9.59 Å². The first-order chi connectivity index (χ1) is 13.4. The van der Waals surface area contributed by atoms with Crippen molar-refractivity contribution >= 4 is 17.5 Å². The first-order valence-electron chi connectivity index (χ1n) is 9.68. The molecule has 0 unspecified atom stereocenters. The second kappa shape index (κ2) is 10.2. The van der Waals surface area contributed by atoms with Crippen molar-refractivity contribution in [1.29, 1.82) is 0 Å². The Morgan fingerprint density at radius 3 is 2.00 bits per heavy atom. The van der Waals surface area contributed by atoms with Crippen LogP contribution in [0.25, 0.3) is 0 Å². The lowest BCUT2D eigenvalue weighted by Crippen LogP contribution is -2.54. The molecule has 0 saturated carbocycles. The summed E-state index contributed by atoms with van der Waals surface area (Å²) in [6.45, 7) is 7.33. The fourth-order valence-electron chi connectivity index (χ4n) is 3.22. The summed E-state index contributed by atoms with van der Waals surface area (Å²) in [5.74, 6) is 2.17. The number of benzene rings is 1. The highest BCUT2D eigenvalue weighted by molar-refractivity contribution is 5.92. The molecule has 1 saturated heterocycles. The summed E-state index contributed by atoms with van der Waals surface area (Å²) in [6, 6.07) is 5.69. The number of hydrogen-bond acceptors (Lipinski definition) is 4. The summed E-state index contributed by atoms with van der Waals surface area (Å²) in [5, 5.41) is 5.74. The molecule has 6 nitrogen and oxygen atoms in total. The van der Waals surface area contributed by atoms with Gasteiger partial charge in [0.05, 0.1) is 13.1 Å². The number of halogens is 1. The maximum Gasteiger partial charge on any atom is 0.238 e. The molecule has 152 valence electrons. The van der Waals surface area contributed by atoms with Crippen LogP contribution in [0.3, 0.4) is 0 Å². The normalized spacial score (nSPS) is 15.6. The lowest BCUT2D eigenvalue weighted by Gasteiger charge is -2.35. The number of terminal acetylenes is 1. The first kappa shape index (κ1) is 21.9. The average Bonchev–Trinajstić information content (AvgIpc) is 2.69. The van der Waals surface area contributed by atoms with Crippen molar-refractivity contribution in [3.8, 4) is 12.3 Å². The van der Waals surface area contributed by atoms with Gasteiger partial charge in [-0.25, -0.2) is 4.39 Å². The lowest BCUT2D eigenvalue weighted by atomic mass is 9.94. The van der Waals surface area contributed by atoms with Crippen LogP contribution < -0.4 is 10.6 Å². The number of hydrogen-bond donors (Lipinski definition) is 2. The number of carbonyl (C=O) groups is 2. The average molecular weight is 388 g/mol. The van der Waals surface area contributed by atoms with E-state index in [2.05, 4.69) is 21.5 Å². The third-order valence-electron chi connectivity index (χ3n) is 5.19. The van der Waals surface area contributed by atoms with Gasteiger partial charge < -0.3 is 10.6 Å². The van der Waals surface area contributed by atoms with Gasteiger partial charge in [-0.1, -0.05) is 19.8 Å². The fourth-order valence-corrected chi connectivity index (χ4v) is 3.22. The number of nitrogens with zero attached hydrogens (tertiary/aromatic N) is 2. The fraction of sp³-hybridized carbons (Fsp3) is 0.524. The molecule has 0 spiro atoms. The molecule has 2 rings (SSSR count). The van der Waals surface area contributed by atoms with Crippen LogP contribution in [0.4, 0.5) is 10.1 Å². The quantitative estimate of drug-likeness (QED) is 0.666. The molecule has 1 aliphatic rings. The molecule has 1 fully saturated rings. The molecular formula is C21H29FN4O2. The molecule has 28 heavy (non-hydrogen) atoms. The van der Waals surface area contributed by atoms with Crippen molar-refractivity contribution in [3.05, 3.63) is 30.1 Å². The molecule has 1 aromatic carbocycles. The summed E-state index contributed by atoms with van der Waals surface area (Å²) >= 11 is 0. The minimum Gasteiger partial charge on any atom is -0.339 e. The molecule has 0 aliphatic carbocycles. The molecule has 0 atom stereocenters. The predicted octanol–water partition coefficient (Wildman–Crippen LogP) is 1.69. The topological polar surface area (TPSA) is 64.7 Å². The van der Waals surface area contributed by atoms with E-state index in [1.165, 1.54) is 24.3 Å². The molecule has 1 heterocycles. The smallest absolute Gasteiger partial charge is 0.238 e. The first-order valence-corrected chi connectivity index (χ1v) is 9.68. The van der Waals surface area contributed by atoms with Gasteiger partial charge in [0.1, 0.15) is 11.4 Å². The van der Waals surface area contributed by atoms with Crippen molar-refractivity contribution in [3.63, 3.8) is 0 Å². The van der Waals surface area contributed by atoms with E-state index in [9.17, 15) is 14.0 Å². The van der Waals surface area contributed by atoms with Gasteiger partial charge >= 0.3 is 0 Å². The Balaban J connectivity index is 1.73. The zero-order chi connectivity index (χ0) is 20.6. The Morgan fingerprint density at radius 2 is 1.54 bits per heavy atom. The number of nitrogens with one attached hydrogen (secondary N) is 2. The van der Waals surface area contributed by atoms with E-state index in [4.69, 9.17) is 6.42 Å². The van der Waals surface area contributed by atoms with E-state index < -0.39 is 5.54 Å². The van der Waals surface area contributed by atoms with Gasteiger partial charge in [-0.2, -0.15) is 0 Å². The standard InChI is InChI=1S/C21H29FN4O2/c1-4-21(5-2,6-3)24-20(28)16-26-13-11-25(12-14-26)15-19(27)23-18-9-7-17(22)8-10-18/h1,7-10H,5-6,11-16H2,2-3H3,(H,23,27)(H,24,28). The molecule has 2 amide bonds. The summed E-state index contributed by atoms with van der Waals surface area (Å²) in [6.07, 6.45) is 6.99. The minimum atomic E-state index is -0.572. The van der Waals surface area contributed by atoms with Crippen LogP contribution in [0.15, 0.2) is 24.3 Å². The largest absolute Gasteiger partial charge is 0.339 e. The highest BCUT2D eigenvalue weighted by Crippen LogP contribution is 2.14. The SMILES string of the molecule is C#CC(CC)(CC)NC(=O)CN1CCN(CC(=O)Nc2ccc(F)cc2)CC1. The van der Waals surface area contributed by atoms with Crippen molar-refractivity contribution in [1.82, 2.24) is 15.1 Å². The zero-order valence-corrected chi connectivity index (χ0v) is 16.6. The van der Waals surface area contributed by atoms with Gasteiger partial charge in [0, 0.05) is 31.9 Å². The number of anilines is 1. The third-order valence-corrected chi connectivity index (χ3v) is 5.19. The highest BCUT2D eigenvalue weighted by Gasteiger charge is 2.27. The van der Waals surface area contributed by atoms with Crippen molar-refractivity contribution in [2.45, 2.75) is 32.2 Å². The monoisotopic (exact) mass is 388 g/mol. The van der Waals surface area contributed by atoms with Crippen LogP contribution in [0.1, 0.15) is 26.7 Å². The predicted molar refractivity (Wildman–Crippen MR) is 108 cm³/mol. The van der Waals surface area contributed by atoms with Crippen molar-refractivity contribution in [2.24, 2.45) is 0 Å². The van der Waals surface area contributed by atoms with E-state index in [1.54, 1.807) is 0 Å². The van der Waals surface area contributed by atoms with Crippen molar-refractivity contribution < 1.29 is 14.0 Å². The van der Waals surface area contributed by atoms with Crippen LogP contribution in [-0.4, -0.2) is 66.4 Å². The van der Waals surface area contributed by atoms with Crippen LogP contribution >= 0.6 is 0 Å². The van der Waals surface area contributed by atoms with Crippen LogP contribution in [0.2, 0.25) is 0 Å². The Kier molecular flexibility index (Phi) is 7.97. The third kappa shape index (κ3) is 6.32. The molecule has 1 aromatic rings. The van der Waals surface area contributed by atoms with Gasteiger partial charge in [0.2, 0.25) is 11.8 Å². The lowest BCUT2D eigenvalue weighted by molar-refractivity contribution is -0.124. The van der Waals surface area contributed by atoms with E-state index in [0.717, 1.165) is 0 Å². The Hall–Kier alpha value is -2.43. The number of rotatable bonds is 8. The van der Waals surface area contributed by atoms with E-state index >= 15 is 0 Å². The number of piperazine rings is 1. The molecule has 0 bridgehead atoms. The second-order valence-electron chi connectivity index (χ2n) is 7.09. The highest BCUT2D eigenvalue weighted by atomic mass is 19.1. The van der Waals surface area contributed by atoms with Crippen molar-refractivity contribution in [2.75, 3.05) is 44.6 Å². The minimum absolute atomic E-state index is 0.0656. The number of amides is 2. The summed E-state index contributed by atoms with van der Waals surface area (Å²) in [4.78, 5) is 28.6. The number of carbonyl (C=O) groups excluding carboxylic acids is 2. The molecule has 0 aromatic heterocycles. The molecular weight excluding hydrogens is 359 g/mol. The van der Waals surface area contributed by atoms with Gasteiger partial charge in [-0.15, -0.1) is 6.42 Å². The summed E-state index contributed by atoms with van der Waals surface area (Å²) < 4.78 is 12.9. The summed E-state index contributed by atoms with van der Waals surface area (Å²) in [5.41, 5.74) is 0.00251. The van der Waals surface area contributed by atoms with E-state index in [0.29, 0.717) is 51.3 Å². The molecule has 1 aliphatic heterocycles. The van der Waals surface area contributed by atoms with Gasteiger partial charge in [0.25, 0.3) is 0 Å².